The predicted molar refractivity (Wildman–Crippen MR) is 68.8 cm³/mol. The molecule has 1 unspecified atom stereocenters. The fraction of sp³-hybridized carbons (Fsp3) is 0.462. The number of amides is 1. The van der Waals surface area contributed by atoms with Gasteiger partial charge >= 0.3 is 0 Å². The van der Waals surface area contributed by atoms with Crippen LogP contribution in [0.4, 0.5) is 10.1 Å². The number of anilines is 1. The summed E-state index contributed by atoms with van der Waals surface area (Å²) < 4.78 is 12.9. The van der Waals surface area contributed by atoms with E-state index in [9.17, 15) is 9.18 Å². The van der Waals surface area contributed by atoms with E-state index in [4.69, 9.17) is 5.11 Å². The third-order valence-electron chi connectivity index (χ3n) is 2.51. The molecule has 0 radical (unpaired) electrons. The highest BCUT2D eigenvalue weighted by Crippen LogP contribution is 2.08. The number of benzene rings is 1. The van der Waals surface area contributed by atoms with Gasteiger partial charge in [-0.2, -0.15) is 0 Å². The van der Waals surface area contributed by atoms with Crippen LogP contribution in [0.3, 0.4) is 0 Å². The minimum absolute atomic E-state index is 0.151. The van der Waals surface area contributed by atoms with Gasteiger partial charge in [0.1, 0.15) is 5.82 Å². The Labute approximate surface area is 106 Å². The van der Waals surface area contributed by atoms with E-state index < -0.39 is 0 Å². The van der Waals surface area contributed by atoms with Crippen LogP contribution in [0.15, 0.2) is 24.3 Å². The first-order valence-corrected chi connectivity index (χ1v) is 5.99. The van der Waals surface area contributed by atoms with E-state index in [1.165, 1.54) is 12.1 Å². The molecule has 0 saturated carbocycles. The van der Waals surface area contributed by atoms with E-state index in [-0.39, 0.29) is 24.9 Å². The zero-order valence-electron chi connectivity index (χ0n) is 10.4. The van der Waals surface area contributed by atoms with Gasteiger partial charge in [0.2, 0.25) is 5.91 Å². The van der Waals surface area contributed by atoms with Gasteiger partial charge in [-0.3, -0.25) is 4.79 Å². The van der Waals surface area contributed by atoms with Crippen LogP contribution in [0.5, 0.6) is 0 Å². The molecule has 0 fully saturated rings. The molecule has 1 amide bonds. The SMILES string of the molecule is CC(CCO)CNCC(=O)Nc1cccc(F)c1. The summed E-state index contributed by atoms with van der Waals surface area (Å²) in [5.74, 6) is -0.272. The van der Waals surface area contributed by atoms with Crippen molar-refractivity contribution in [2.75, 3.05) is 25.0 Å². The van der Waals surface area contributed by atoms with Crippen LogP contribution in [-0.4, -0.2) is 30.7 Å². The second-order valence-electron chi connectivity index (χ2n) is 4.31. The van der Waals surface area contributed by atoms with Crippen molar-refractivity contribution in [1.82, 2.24) is 5.32 Å². The molecule has 100 valence electrons. The molecule has 0 aliphatic rings. The number of hydrogen-bond donors (Lipinski definition) is 3. The second kappa shape index (κ2) is 7.79. The van der Waals surface area contributed by atoms with E-state index in [1.54, 1.807) is 12.1 Å². The van der Waals surface area contributed by atoms with Crippen LogP contribution in [0, 0.1) is 11.7 Å². The second-order valence-corrected chi connectivity index (χ2v) is 4.31. The van der Waals surface area contributed by atoms with Crippen molar-refractivity contribution in [2.45, 2.75) is 13.3 Å². The van der Waals surface area contributed by atoms with Crippen molar-refractivity contribution in [1.29, 1.82) is 0 Å². The van der Waals surface area contributed by atoms with E-state index in [0.29, 0.717) is 24.6 Å². The molecule has 1 atom stereocenters. The monoisotopic (exact) mass is 254 g/mol. The Bertz CT molecular complexity index is 385. The molecule has 1 rings (SSSR count). The Kier molecular flexibility index (Phi) is 6.32. The smallest absolute Gasteiger partial charge is 0.238 e. The van der Waals surface area contributed by atoms with Crippen molar-refractivity contribution in [3.8, 4) is 0 Å². The summed E-state index contributed by atoms with van der Waals surface area (Å²) in [6.07, 6.45) is 0.707. The molecule has 1 aromatic carbocycles. The van der Waals surface area contributed by atoms with Crippen molar-refractivity contribution >= 4 is 11.6 Å². The summed E-state index contributed by atoms with van der Waals surface area (Å²) in [4.78, 5) is 11.5. The van der Waals surface area contributed by atoms with E-state index in [1.807, 2.05) is 6.92 Å². The van der Waals surface area contributed by atoms with Gasteiger partial charge in [0.05, 0.1) is 6.54 Å². The van der Waals surface area contributed by atoms with Crippen molar-refractivity contribution in [3.63, 3.8) is 0 Å². The number of hydrogen-bond acceptors (Lipinski definition) is 3. The number of halogens is 1. The van der Waals surface area contributed by atoms with E-state index in [2.05, 4.69) is 10.6 Å². The molecule has 1 aromatic rings. The molecule has 0 aliphatic heterocycles. The average Bonchev–Trinajstić information content (AvgIpc) is 2.29. The summed E-state index contributed by atoms with van der Waals surface area (Å²) in [7, 11) is 0. The molecule has 3 N–H and O–H groups in total. The van der Waals surface area contributed by atoms with Crippen LogP contribution in [0.1, 0.15) is 13.3 Å². The molecule has 4 nitrogen and oxygen atoms in total. The fourth-order valence-corrected chi connectivity index (χ4v) is 1.53. The number of nitrogens with one attached hydrogen (secondary N) is 2. The lowest BCUT2D eigenvalue weighted by molar-refractivity contribution is -0.115. The first-order chi connectivity index (χ1) is 8.61. The van der Waals surface area contributed by atoms with Crippen LogP contribution < -0.4 is 10.6 Å². The zero-order valence-corrected chi connectivity index (χ0v) is 10.4. The van der Waals surface area contributed by atoms with Crippen molar-refractivity contribution < 1.29 is 14.3 Å². The third-order valence-corrected chi connectivity index (χ3v) is 2.51. The van der Waals surface area contributed by atoms with E-state index in [0.717, 1.165) is 0 Å². The van der Waals surface area contributed by atoms with Gasteiger partial charge in [-0.1, -0.05) is 13.0 Å². The van der Waals surface area contributed by atoms with Gasteiger partial charge in [-0.25, -0.2) is 4.39 Å². The number of carbonyl (C=O) groups is 1. The van der Waals surface area contributed by atoms with Crippen molar-refractivity contribution in [3.05, 3.63) is 30.1 Å². The van der Waals surface area contributed by atoms with Crippen LogP contribution >= 0.6 is 0 Å². The summed E-state index contributed by atoms with van der Waals surface area (Å²) in [5, 5.41) is 14.3. The lowest BCUT2D eigenvalue weighted by Gasteiger charge is -2.11. The van der Waals surface area contributed by atoms with Gasteiger partial charge in [-0.05, 0) is 37.1 Å². The number of aliphatic hydroxyl groups excluding tert-OH is 1. The third kappa shape index (κ3) is 5.75. The Balaban J connectivity index is 2.25. The standard InChI is InChI=1S/C13H19FN2O2/c1-10(5-6-17)8-15-9-13(18)16-12-4-2-3-11(14)7-12/h2-4,7,10,15,17H,5-6,8-9H2,1H3,(H,16,18). The largest absolute Gasteiger partial charge is 0.396 e. The molecule has 5 heteroatoms. The Morgan fingerprint density at radius 3 is 2.94 bits per heavy atom. The topological polar surface area (TPSA) is 61.4 Å². The quantitative estimate of drug-likeness (QED) is 0.688. The van der Waals surface area contributed by atoms with Gasteiger partial charge < -0.3 is 15.7 Å². The molecule has 0 bridgehead atoms. The van der Waals surface area contributed by atoms with E-state index >= 15 is 0 Å². The number of carbonyl (C=O) groups excluding carboxylic acids is 1. The molecule has 0 spiro atoms. The predicted octanol–water partition coefficient (Wildman–Crippen LogP) is 1.37. The fourth-order valence-electron chi connectivity index (χ4n) is 1.53. The maximum atomic E-state index is 12.9. The number of aliphatic hydroxyl groups is 1. The Morgan fingerprint density at radius 1 is 1.50 bits per heavy atom. The first kappa shape index (κ1) is 14.6. The molecule has 0 aromatic heterocycles. The Hall–Kier alpha value is -1.46. The Morgan fingerprint density at radius 2 is 2.28 bits per heavy atom. The molecule has 18 heavy (non-hydrogen) atoms. The van der Waals surface area contributed by atoms with Gasteiger partial charge in [0, 0.05) is 12.3 Å². The summed E-state index contributed by atoms with van der Waals surface area (Å²) in [6, 6.07) is 5.77. The van der Waals surface area contributed by atoms with Crippen molar-refractivity contribution in [2.24, 2.45) is 5.92 Å². The molecule has 0 aliphatic carbocycles. The highest BCUT2D eigenvalue weighted by molar-refractivity contribution is 5.92. The molecular formula is C13H19FN2O2. The lowest BCUT2D eigenvalue weighted by Crippen LogP contribution is -2.31. The average molecular weight is 254 g/mol. The van der Waals surface area contributed by atoms with Gasteiger partial charge in [0.25, 0.3) is 0 Å². The molecule has 0 saturated heterocycles. The van der Waals surface area contributed by atoms with Gasteiger partial charge in [0.15, 0.2) is 0 Å². The molecule has 0 heterocycles. The minimum Gasteiger partial charge on any atom is -0.396 e. The van der Waals surface area contributed by atoms with Gasteiger partial charge in [-0.15, -0.1) is 0 Å². The van der Waals surface area contributed by atoms with Crippen LogP contribution in [0.25, 0.3) is 0 Å². The summed E-state index contributed by atoms with van der Waals surface area (Å²) in [5.41, 5.74) is 0.449. The first-order valence-electron chi connectivity index (χ1n) is 5.99. The maximum absolute atomic E-state index is 12.9. The number of rotatable bonds is 7. The lowest BCUT2D eigenvalue weighted by atomic mass is 10.1. The molecular weight excluding hydrogens is 235 g/mol. The minimum atomic E-state index is -0.377. The summed E-state index contributed by atoms with van der Waals surface area (Å²) in [6.45, 7) is 2.98. The normalized spacial score (nSPS) is 12.2. The highest BCUT2D eigenvalue weighted by atomic mass is 19.1. The van der Waals surface area contributed by atoms with Crippen LogP contribution in [-0.2, 0) is 4.79 Å². The maximum Gasteiger partial charge on any atom is 0.238 e. The zero-order chi connectivity index (χ0) is 13.4. The highest BCUT2D eigenvalue weighted by Gasteiger charge is 2.05. The van der Waals surface area contributed by atoms with Crippen LogP contribution in [0.2, 0.25) is 0 Å². The summed E-state index contributed by atoms with van der Waals surface area (Å²) >= 11 is 0.